The van der Waals surface area contributed by atoms with Gasteiger partial charge in [-0.05, 0) is 30.7 Å². The molecule has 3 aromatic heterocycles. The number of alkyl halides is 3. The molecule has 0 fully saturated rings. The second kappa shape index (κ2) is 6.36. The van der Waals surface area contributed by atoms with Gasteiger partial charge in [0.25, 0.3) is 5.91 Å². The topological polar surface area (TPSA) is 59.3 Å². The lowest BCUT2D eigenvalue weighted by molar-refractivity contribution is -0.137. The van der Waals surface area contributed by atoms with Crippen LogP contribution in [-0.2, 0) is 12.6 Å². The summed E-state index contributed by atoms with van der Waals surface area (Å²) in [5.74, 6) is -0.518. The van der Waals surface area contributed by atoms with Crippen molar-refractivity contribution in [1.82, 2.24) is 14.4 Å². The second-order valence-electron chi connectivity index (χ2n) is 5.22. The summed E-state index contributed by atoms with van der Waals surface area (Å²) < 4.78 is 39.2. The van der Waals surface area contributed by atoms with E-state index in [0.29, 0.717) is 29.0 Å². The minimum absolute atomic E-state index is 0.0111. The number of nitrogens with zero attached hydrogens (tertiary/aromatic N) is 3. The van der Waals surface area contributed by atoms with Crippen LogP contribution in [0.15, 0.2) is 36.7 Å². The van der Waals surface area contributed by atoms with Crippen LogP contribution < -0.4 is 5.32 Å². The predicted octanol–water partition coefficient (Wildman–Crippen LogP) is 4.22. The molecule has 0 radical (unpaired) electrons. The van der Waals surface area contributed by atoms with Crippen molar-refractivity contribution in [1.29, 1.82) is 0 Å². The monoisotopic (exact) mass is 368 g/mol. The van der Waals surface area contributed by atoms with E-state index in [2.05, 4.69) is 15.3 Å². The maximum atomic E-state index is 12.6. The third kappa shape index (κ3) is 3.43. The molecular weight excluding hydrogens is 357 g/mol. The van der Waals surface area contributed by atoms with Gasteiger partial charge in [0.15, 0.2) is 0 Å². The Morgan fingerprint density at radius 2 is 2.04 bits per heavy atom. The minimum atomic E-state index is -4.48. The first-order chi connectivity index (χ1) is 11.8. The maximum absolute atomic E-state index is 12.6. The maximum Gasteiger partial charge on any atom is 0.417 e. The Morgan fingerprint density at radius 3 is 2.64 bits per heavy atom. The van der Waals surface area contributed by atoms with Crippen LogP contribution in [0, 0.1) is 0 Å². The highest BCUT2D eigenvalue weighted by molar-refractivity contribution is 6.30. The van der Waals surface area contributed by atoms with Gasteiger partial charge in [0.2, 0.25) is 0 Å². The van der Waals surface area contributed by atoms with Gasteiger partial charge in [0.05, 0.1) is 16.3 Å². The Hall–Kier alpha value is -2.61. The fraction of sp³-hybridized carbons (Fsp3) is 0.188. The third-order valence-corrected chi connectivity index (χ3v) is 3.76. The van der Waals surface area contributed by atoms with Gasteiger partial charge in [-0.2, -0.15) is 13.2 Å². The first-order valence-corrected chi connectivity index (χ1v) is 7.68. The number of aromatic nitrogens is 3. The standard InChI is InChI=1S/C16H12ClF3N4O/c1-2-11-14(24-8-10(17)4-6-13(24)22-11)15(25)23-12-5-3-9(7-21-12)16(18,19)20/h3-8H,2H2,1H3,(H,21,23,25). The minimum Gasteiger partial charge on any atom is -0.305 e. The van der Waals surface area contributed by atoms with Crippen LogP contribution in [0.3, 0.4) is 0 Å². The molecule has 25 heavy (non-hydrogen) atoms. The van der Waals surface area contributed by atoms with Crippen molar-refractivity contribution in [3.05, 3.63) is 58.6 Å². The zero-order valence-electron chi connectivity index (χ0n) is 12.9. The van der Waals surface area contributed by atoms with Gasteiger partial charge < -0.3 is 5.32 Å². The van der Waals surface area contributed by atoms with Gasteiger partial charge in [0.1, 0.15) is 17.2 Å². The molecular formula is C16H12ClF3N4O. The van der Waals surface area contributed by atoms with Crippen LogP contribution in [0.1, 0.15) is 28.7 Å². The summed E-state index contributed by atoms with van der Waals surface area (Å²) in [6.07, 6.45) is -1.76. The number of amides is 1. The third-order valence-electron chi connectivity index (χ3n) is 3.54. The Morgan fingerprint density at radius 1 is 1.28 bits per heavy atom. The zero-order chi connectivity index (χ0) is 18.2. The van der Waals surface area contributed by atoms with Crippen molar-refractivity contribution in [3.8, 4) is 0 Å². The summed E-state index contributed by atoms with van der Waals surface area (Å²) in [5.41, 5.74) is 0.474. The number of hydrogen-bond acceptors (Lipinski definition) is 3. The highest BCUT2D eigenvalue weighted by Crippen LogP contribution is 2.29. The molecule has 0 aliphatic carbocycles. The Bertz CT molecular complexity index is 935. The van der Waals surface area contributed by atoms with Crippen molar-refractivity contribution in [2.75, 3.05) is 5.32 Å². The molecule has 9 heteroatoms. The Balaban J connectivity index is 1.93. The molecule has 0 aromatic carbocycles. The number of aryl methyl sites for hydroxylation is 1. The molecule has 3 rings (SSSR count). The van der Waals surface area contributed by atoms with E-state index in [0.717, 1.165) is 12.1 Å². The van der Waals surface area contributed by atoms with E-state index in [4.69, 9.17) is 11.6 Å². The van der Waals surface area contributed by atoms with Gasteiger partial charge in [-0.25, -0.2) is 9.97 Å². The highest BCUT2D eigenvalue weighted by Gasteiger charge is 2.30. The first-order valence-electron chi connectivity index (χ1n) is 7.30. The SMILES string of the molecule is CCc1nc2ccc(Cl)cn2c1C(=O)Nc1ccc(C(F)(F)F)cn1. The Kier molecular flexibility index (Phi) is 4.38. The van der Waals surface area contributed by atoms with Gasteiger partial charge in [-0.15, -0.1) is 0 Å². The number of nitrogens with one attached hydrogen (secondary N) is 1. The molecule has 3 heterocycles. The smallest absolute Gasteiger partial charge is 0.305 e. The first kappa shape index (κ1) is 17.2. The zero-order valence-corrected chi connectivity index (χ0v) is 13.7. The van der Waals surface area contributed by atoms with Crippen molar-refractivity contribution in [2.45, 2.75) is 19.5 Å². The molecule has 0 spiro atoms. The quantitative estimate of drug-likeness (QED) is 0.753. The molecule has 0 saturated carbocycles. The van der Waals surface area contributed by atoms with Crippen LogP contribution >= 0.6 is 11.6 Å². The van der Waals surface area contributed by atoms with Crippen molar-refractivity contribution < 1.29 is 18.0 Å². The molecule has 5 nitrogen and oxygen atoms in total. The molecule has 0 bridgehead atoms. The van der Waals surface area contributed by atoms with Crippen LogP contribution in [0.4, 0.5) is 19.0 Å². The van der Waals surface area contributed by atoms with E-state index in [1.807, 2.05) is 6.92 Å². The average molecular weight is 369 g/mol. The van der Waals surface area contributed by atoms with Crippen LogP contribution in [-0.4, -0.2) is 20.3 Å². The molecule has 3 aromatic rings. The summed E-state index contributed by atoms with van der Waals surface area (Å²) in [7, 11) is 0. The lowest BCUT2D eigenvalue weighted by Gasteiger charge is -2.08. The lowest BCUT2D eigenvalue weighted by Crippen LogP contribution is -2.17. The number of anilines is 1. The molecule has 0 saturated heterocycles. The Labute approximate surface area is 145 Å². The second-order valence-corrected chi connectivity index (χ2v) is 5.66. The summed E-state index contributed by atoms with van der Waals surface area (Å²) >= 11 is 5.97. The molecule has 0 aliphatic heterocycles. The van der Waals surface area contributed by atoms with E-state index < -0.39 is 17.6 Å². The van der Waals surface area contributed by atoms with Gasteiger partial charge in [-0.3, -0.25) is 9.20 Å². The number of carbonyl (C=O) groups excluding carboxylic acids is 1. The summed E-state index contributed by atoms with van der Waals surface area (Å²) in [6, 6.07) is 5.29. The summed E-state index contributed by atoms with van der Waals surface area (Å²) in [6.45, 7) is 1.84. The highest BCUT2D eigenvalue weighted by atomic mass is 35.5. The van der Waals surface area contributed by atoms with Crippen molar-refractivity contribution in [2.24, 2.45) is 0 Å². The number of imidazole rings is 1. The number of fused-ring (bicyclic) bond motifs is 1. The normalized spacial score (nSPS) is 11.7. The van der Waals surface area contributed by atoms with Crippen LogP contribution in [0.5, 0.6) is 0 Å². The van der Waals surface area contributed by atoms with Crippen LogP contribution in [0.25, 0.3) is 5.65 Å². The predicted molar refractivity (Wildman–Crippen MR) is 86.8 cm³/mol. The molecule has 130 valence electrons. The van der Waals surface area contributed by atoms with Gasteiger partial charge >= 0.3 is 6.18 Å². The van der Waals surface area contributed by atoms with E-state index in [1.54, 1.807) is 22.7 Å². The van der Waals surface area contributed by atoms with Crippen molar-refractivity contribution >= 4 is 29.0 Å². The van der Waals surface area contributed by atoms with Gasteiger partial charge in [0, 0.05) is 12.4 Å². The molecule has 1 amide bonds. The number of pyridine rings is 2. The molecule has 0 unspecified atom stereocenters. The number of carbonyl (C=O) groups is 1. The fourth-order valence-corrected chi connectivity index (χ4v) is 2.53. The van der Waals surface area contributed by atoms with E-state index in [1.165, 1.54) is 0 Å². The van der Waals surface area contributed by atoms with Crippen LogP contribution in [0.2, 0.25) is 5.02 Å². The van der Waals surface area contributed by atoms with E-state index in [9.17, 15) is 18.0 Å². The number of rotatable bonds is 3. The lowest BCUT2D eigenvalue weighted by atomic mass is 10.2. The van der Waals surface area contributed by atoms with E-state index in [-0.39, 0.29) is 11.5 Å². The largest absolute Gasteiger partial charge is 0.417 e. The van der Waals surface area contributed by atoms with Crippen molar-refractivity contribution in [3.63, 3.8) is 0 Å². The van der Waals surface area contributed by atoms with Gasteiger partial charge in [-0.1, -0.05) is 18.5 Å². The van der Waals surface area contributed by atoms with E-state index >= 15 is 0 Å². The number of halogens is 4. The molecule has 0 aliphatic rings. The fourth-order valence-electron chi connectivity index (χ4n) is 2.37. The molecule has 0 atom stereocenters. The average Bonchev–Trinajstić information content (AvgIpc) is 2.92. The summed E-state index contributed by atoms with van der Waals surface area (Å²) in [4.78, 5) is 20.6. The molecule has 1 N–H and O–H groups in total. The number of hydrogen-bond donors (Lipinski definition) is 1. The summed E-state index contributed by atoms with van der Waals surface area (Å²) in [5, 5.41) is 2.91.